The molecule has 182 valence electrons. The van der Waals surface area contributed by atoms with Gasteiger partial charge in [0.2, 0.25) is 5.95 Å². The van der Waals surface area contributed by atoms with Crippen molar-refractivity contribution >= 4 is 17.5 Å². The highest BCUT2D eigenvalue weighted by atomic mass is 19.1. The van der Waals surface area contributed by atoms with E-state index in [0.29, 0.717) is 22.6 Å². The van der Waals surface area contributed by atoms with Crippen molar-refractivity contribution in [2.75, 3.05) is 5.32 Å². The third kappa shape index (κ3) is 5.18. The van der Waals surface area contributed by atoms with Crippen molar-refractivity contribution in [1.82, 2.24) is 35.2 Å². The summed E-state index contributed by atoms with van der Waals surface area (Å²) in [5, 5.41) is 13.8. The van der Waals surface area contributed by atoms with Gasteiger partial charge in [-0.1, -0.05) is 32.0 Å². The fraction of sp³-hybridized carbons (Fsp3) is 0.333. The normalized spacial score (nSPS) is 12.4. The predicted molar refractivity (Wildman–Crippen MR) is 128 cm³/mol. The van der Waals surface area contributed by atoms with Gasteiger partial charge in [0.05, 0.1) is 23.5 Å². The van der Waals surface area contributed by atoms with Crippen molar-refractivity contribution in [3.8, 4) is 11.4 Å². The van der Waals surface area contributed by atoms with E-state index in [-0.39, 0.29) is 28.4 Å². The molecule has 0 radical (unpaired) electrons. The highest BCUT2D eigenvalue weighted by Gasteiger charge is 2.24. The van der Waals surface area contributed by atoms with Gasteiger partial charge in [0.15, 0.2) is 11.5 Å². The number of rotatable bonds is 6. The Morgan fingerprint density at radius 1 is 1.23 bits per heavy atom. The van der Waals surface area contributed by atoms with E-state index in [0.717, 1.165) is 0 Å². The average molecular weight is 479 g/mol. The molecule has 10 nitrogen and oxygen atoms in total. The second-order valence-corrected chi connectivity index (χ2v) is 9.32. The van der Waals surface area contributed by atoms with Crippen molar-refractivity contribution in [3.05, 3.63) is 65.3 Å². The molecule has 3 aromatic heterocycles. The molecule has 1 atom stereocenters. The van der Waals surface area contributed by atoms with Gasteiger partial charge < -0.3 is 15.2 Å². The van der Waals surface area contributed by atoms with E-state index in [1.807, 2.05) is 20.8 Å². The average Bonchev–Trinajstić information content (AvgIpc) is 3.45. The van der Waals surface area contributed by atoms with Crippen LogP contribution in [0.1, 0.15) is 61.1 Å². The predicted octanol–water partition coefficient (Wildman–Crippen LogP) is 4.24. The number of amides is 1. The number of benzene rings is 1. The minimum Gasteiger partial charge on any atom is -0.360 e. The van der Waals surface area contributed by atoms with Crippen molar-refractivity contribution in [2.24, 2.45) is 7.05 Å². The zero-order valence-corrected chi connectivity index (χ0v) is 20.4. The Kier molecular flexibility index (Phi) is 6.33. The third-order valence-corrected chi connectivity index (χ3v) is 5.50. The SMILES string of the molecule is Cc1c([C@H](C)NC(=O)c2cc(C(C)(C)C)on2)ccc(-c2ncnc(Nc3cnn(C)c3)n2)c1F. The number of aryl methyl sites for hydroxylation is 1. The van der Waals surface area contributed by atoms with E-state index in [2.05, 4.69) is 35.8 Å². The Morgan fingerprint density at radius 2 is 2.00 bits per heavy atom. The number of carbonyl (C=O) groups excluding carboxylic acids is 1. The fourth-order valence-corrected chi connectivity index (χ4v) is 3.53. The molecule has 3 heterocycles. The van der Waals surface area contributed by atoms with Gasteiger partial charge in [-0.3, -0.25) is 9.48 Å². The fourth-order valence-electron chi connectivity index (χ4n) is 3.53. The van der Waals surface area contributed by atoms with Crippen LogP contribution in [0.15, 0.2) is 41.4 Å². The molecule has 0 aliphatic carbocycles. The zero-order chi connectivity index (χ0) is 25.3. The number of carbonyl (C=O) groups is 1. The number of nitrogens with zero attached hydrogens (tertiary/aromatic N) is 6. The number of aromatic nitrogens is 6. The first-order valence-electron chi connectivity index (χ1n) is 11.0. The van der Waals surface area contributed by atoms with Gasteiger partial charge in [0.1, 0.15) is 17.9 Å². The van der Waals surface area contributed by atoms with Crippen molar-refractivity contribution in [1.29, 1.82) is 0 Å². The molecular formula is C24H27FN8O2. The van der Waals surface area contributed by atoms with E-state index in [4.69, 9.17) is 4.52 Å². The summed E-state index contributed by atoms with van der Waals surface area (Å²) in [6.07, 6.45) is 4.71. The lowest BCUT2D eigenvalue weighted by molar-refractivity contribution is 0.0930. The third-order valence-electron chi connectivity index (χ3n) is 5.50. The van der Waals surface area contributed by atoms with Crippen LogP contribution in [0.4, 0.5) is 16.0 Å². The van der Waals surface area contributed by atoms with E-state index in [9.17, 15) is 4.79 Å². The maximum Gasteiger partial charge on any atom is 0.273 e. The lowest BCUT2D eigenvalue weighted by Gasteiger charge is -2.17. The number of halogens is 1. The van der Waals surface area contributed by atoms with Gasteiger partial charge in [-0.2, -0.15) is 10.1 Å². The molecule has 0 unspecified atom stereocenters. The van der Waals surface area contributed by atoms with Crippen molar-refractivity contribution in [3.63, 3.8) is 0 Å². The molecule has 4 aromatic rings. The van der Waals surface area contributed by atoms with Gasteiger partial charge in [-0.25, -0.2) is 14.4 Å². The van der Waals surface area contributed by atoms with Crippen LogP contribution < -0.4 is 10.6 Å². The summed E-state index contributed by atoms with van der Waals surface area (Å²) in [6.45, 7) is 9.34. The van der Waals surface area contributed by atoms with Crippen LogP contribution in [0.25, 0.3) is 11.4 Å². The van der Waals surface area contributed by atoms with Crippen LogP contribution in [-0.4, -0.2) is 35.8 Å². The highest BCUT2D eigenvalue weighted by molar-refractivity contribution is 5.92. The molecule has 1 amide bonds. The van der Waals surface area contributed by atoms with Gasteiger partial charge >= 0.3 is 0 Å². The lowest BCUT2D eigenvalue weighted by Crippen LogP contribution is -2.27. The summed E-state index contributed by atoms with van der Waals surface area (Å²) in [5.74, 6) is 0.193. The molecule has 1 aromatic carbocycles. The summed E-state index contributed by atoms with van der Waals surface area (Å²) in [5.41, 5.74) is 1.84. The van der Waals surface area contributed by atoms with Crippen LogP contribution in [-0.2, 0) is 12.5 Å². The zero-order valence-electron chi connectivity index (χ0n) is 20.4. The Hall–Kier alpha value is -4.15. The first kappa shape index (κ1) is 24.0. The first-order valence-corrected chi connectivity index (χ1v) is 11.0. The molecule has 0 aliphatic rings. The molecular weight excluding hydrogens is 451 g/mol. The topological polar surface area (TPSA) is 124 Å². The molecule has 0 spiro atoms. The van der Waals surface area contributed by atoms with E-state index in [1.165, 1.54) is 6.33 Å². The van der Waals surface area contributed by atoms with Crippen LogP contribution >= 0.6 is 0 Å². The molecule has 0 bridgehead atoms. The number of nitrogens with one attached hydrogen (secondary N) is 2. The summed E-state index contributed by atoms with van der Waals surface area (Å²) >= 11 is 0. The number of hydrogen-bond donors (Lipinski definition) is 2. The molecule has 0 fully saturated rings. The first-order chi connectivity index (χ1) is 16.5. The second-order valence-electron chi connectivity index (χ2n) is 9.32. The smallest absolute Gasteiger partial charge is 0.273 e. The van der Waals surface area contributed by atoms with Crippen LogP contribution in [0, 0.1) is 12.7 Å². The minimum atomic E-state index is -0.474. The largest absolute Gasteiger partial charge is 0.360 e. The van der Waals surface area contributed by atoms with E-state index in [1.54, 1.807) is 56.2 Å². The Bertz CT molecular complexity index is 1370. The van der Waals surface area contributed by atoms with Crippen molar-refractivity contribution < 1.29 is 13.7 Å². The summed E-state index contributed by atoms with van der Waals surface area (Å²) in [4.78, 5) is 25.2. The van der Waals surface area contributed by atoms with Gasteiger partial charge in [-0.05, 0) is 31.0 Å². The minimum absolute atomic E-state index is 0.176. The van der Waals surface area contributed by atoms with Gasteiger partial charge in [0, 0.05) is 24.7 Å². The molecule has 11 heteroatoms. The quantitative estimate of drug-likeness (QED) is 0.422. The number of anilines is 2. The maximum absolute atomic E-state index is 15.4. The Morgan fingerprint density at radius 3 is 2.66 bits per heavy atom. The molecule has 35 heavy (non-hydrogen) atoms. The highest BCUT2D eigenvalue weighted by Crippen LogP contribution is 2.29. The molecule has 0 saturated heterocycles. The van der Waals surface area contributed by atoms with Crippen LogP contribution in [0.2, 0.25) is 0 Å². The monoisotopic (exact) mass is 478 g/mol. The van der Waals surface area contributed by atoms with Crippen LogP contribution in [0.5, 0.6) is 0 Å². The molecule has 2 N–H and O–H groups in total. The van der Waals surface area contributed by atoms with Crippen molar-refractivity contribution in [2.45, 2.75) is 46.1 Å². The summed E-state index contributed by atoms with van der Waals surface area (Å²) < 4.78 is 22.3. The molecule has 4 rings (SSSR count). The second kappa shape index (κ2) is 9.24. The Balaban J connectivity index is 1.53. The summed E-state index contributed by atoms with van der Waals surface area (Å²) in [6, 6.07) is 4.50. The maximum atomic E-state index is 15.4. The van der Waals surface area contributed by atoms with E-state index < -0.39 is 17.8 Å². The molecule has 0 saturated carbocycles. The number of hydrogen-bond acceptors (Lipinski definition) is 8. The lowest BCUT2D eigenvalue weighted by atomic mass is 9.93. The van der Waals surface area contributed by atoms with E-state index >= 15 is 4.39 Å². The summed E-state index contributed by atoms with van der Waals surface area (Å²) in [7, 11) is 1.79. The van der Waals surface area contributed by atoms with Crippen LogP contribution in [0.3, 0.4) is 0 Å². The Labute approximate surface area is 202 Å². The van der Waals surface area contributed by atoms with Gasteiger partial charge in [-0.15, -0.1) is 0 Å². The standard InChI is InChI=1S/C24H27FN8O2/c1-13-16(14(2)29-22(34)18-9-19(35-32-18)24(3,4)5)7-8-17(20(13)25)21-26-12-27-23(31-21)30-15-10-28-33(6)11-15/h7-12,14H,1-6H3,(H,29,34)(H,26,27,30,31)/t14-/m0/s1. The van der Waals surface area contributed by atoms with Gasteiger partial charge in [0.25, 0.3) is 5.91 Å². The molecule has 0 aliphatic heterocycles.